The van der Waals surface area contributed by atoms with Crippen LogP contribution in [0.2, 0.25) is 0 Å². The molecule has 0 heterocycles. The van der Waals surface area contributed by atoms with Gasteiger partial charge in [0.05, 0.1) is 14.2 Å². The van der Waals surface area contributed by atoms with Crippen molar-refractivity contribution in [1.29, 1.82) is 0 Å². The number of rotatable bonds is 4. The molecule has 2 rings (SSSR count). The fraction of sp³-hybridized carbons (Fsp3) is 0.200. The van der Waals surface area contributed by atoms with Gasteiger partial charge in [-0.3, -0.25) is 0 Å². The molecular weight excluding hydrogens is 228 g/mol. The van der Waals surface area contributed by atoms with Gasteiger partial charge in [-0.1, -0.05) is 18.2 Å². The average Bonchev–Trinajstić information content (AvgIpc) is 2.41. The Labute approximate surface area is 107 Å². The highest BCUT2D eigenvalue weighted by atomic mass is 16.5. The maximum atomic E-state index is 9.90. The van der Waals surface area contributed by atoms with Crippen LogP contribution in [0.15, 0.2) is 42.5 Å². The second-order valence-corrected chi connectivity index (χ2v) is 4.02. The van der Waals surface area contributed by atoms with Crippen molar-refractivity contribution in [3.05, 3.63) is 53.6 Å². The summed E-state index contributed by atoms with van der Waals surface area (Å²) in [5.74, 6) is 1.72. The van der Waals surface area contributed by atoms with Crippen molar-refractivity contribution in [3.63, 3.8) is 0 Å². The molecule has 0 radical (unpaired) electrons. The predicted molar refractivity (Wildman–Crippen MR) is 70.5 cm³/mol. The van der Waals surface area contributed by atoms with Crippen LogP contribution in [0.4, 0.5) is 0 Å². The summed E-state index contributed by atoms with van der Waals surface area (Å²) < 4.78 is 10.2. The molecule has 0 atom stereocenters. The summed E-state index contributed by atoms with van der Waals surface area (Å²) in [5, 5.41) is 9.90. The van der Waals surface area contributed by atoms with Gasteiger partial charge in [0.1, 0.15) is 17.2 Å². The van der Waals surface area contributed by atoms with Crippen LogP contribution in [-0.2, 0) is 6.42 Å². The van der Waals surface area contributed by atoms with E-state index in [0.717, 1.165) is 16.9 Å². The normalized spacial score (nSPS) is 10.1. The molecule has 0 aromatic heterocycles. The Morgan fingerprint density at radius 3 is 2.33 bits per heavy atom. The standard InChI is InChI=1S/C15H16O3/c1-17-13-5-3-4-11(9-13)8-12-6-7-14(18-2)10-15(12)16/h3-7,9-10,16H,8H2,1-2H3. The molecule has 1 N–H and O–H groups in total. The molecule has 0 aliphatic carbocycles. The molecule has 94 valence electrons. The summed E-state index contributed by atoms with van der Waals surface area (Å²) in [7, 11) is 3.22. The Bertz CT molecular complexity index is 535. The fourth-order valence-corrected chi connectivity index (χ4v) is 1.82. The van der Waals surface area contributed by atoms with E-state index >= 15 is 0 Å². The molecule has 0 unspecified atom stereocenters. The van der Waals surface area contributed by atoms with Crippen LogP contribution in [0.25, 0.3) is 0 Å². The van der Waals surface area contributed by atoms with E-state index in [9.17, 15) is 5.11 Å². The Kier molecular flexibility index (Phi) is 3.72. The van der Waals surface area contributed by atoms with Crippen molar-refractivity contribution >= 4 is 0 Å². The summed E-state index contributed by atoms with van der Waals surface area (Å²) >= 11 is 0. The number of methoxy groups -OCH3 is 2. The van der Waals surface area contributed by atoms with Crippen LogP contribution in [0, 0.1) is 0 Å². The van der Waals surface area contributed by atoms with Crippen molar-refractivity contribution in [3.8, 4) is 17.2 Å². The number of ether oxygens (including phenoxy) is 2. The van der Waals surface area contributed by atoms with Gasteiger partial charge in [-0.15, -0.1) is 0 Å². The van der Waals surface area contributed by atoms with E-state index < -0.39 is 0 Å². The predicted octanol–water partition coefficient (Wildman–Crippen LogP) is 3.00. The number of hydrogen-bond acceptors (Lipinski definition) is 3. The van der Waals surface area contributed by atoms with Crippen molar-refractivity contribution in [2.45, 2.75) is 6.42 Å². The van der Waals surface area contributed by atoms with Gasteiger partial charge in [0, 0.05) is 12.5 Å². The summed E-state index contributed by atoms with van der Waals surface area (Å²) in [4.78, 5) is 0. The minimum absolute atomic E-state index is 0.247. The Morgan fingerprint density at radius 1 is 0.944 bits per heavy atom. The molecule has 2 aromatic rings. The van der Waals surface area contributed by atoms with Crippen molar-refractivity contribution < 1.29 is 14.6 Å². The number of benzene rings is 2. The van der Waals surface area contributed by atoms with Crippen LogP contribution >= 0.6 is 0 Å². The first-order valence-corrected chi connectivity index (χ1v) is 5.71. The second-order valence-electron chi connectivity index (χ2n) is 4.02. The maximum Gasteiger partial charge on any atom is 0.122 e. The van der Waals surface area contributed by atoms with Crippen molar-refractivity contribution in [2.24, 2.45) is 0 Å². The molecule has 3 nitrogen and oxygen atoms in total. The van der Waals surface area contributed by atoms with E-state index in [1.807, 2.05) is 36.4 Å². The fourth-order valence-electron chi connectivity index (χ4n) is 1.82. The highest BCUT2D eigenvalue weighted by Crippen LogP contribution is 2.26. The lowest BCUT2D eigenvalue weighted by Gasteiger charge is -2.08. The van der Waals surface area contributed by atoms with Gasteiger partial charge in [-0.2, -0.15) is 0 Å². The van der Waals surface area contributed by atoms with Crippen LogP contribution in [0.3, 0.4) is 0 Å². The maximum absolute atomic E-state index is 9.90. The van der Waals surface area contributed by atoms with E-state index in [1.165, 1.54) is 0 Å². The molecule has 0 aliphatic heterocycles. The third-order valence-electron chi connectivity index (χ3n) is 2.82. The highest BCUT2D eigenvalue weighted by molar-refractivity contribution is 5.43. The van der Waals surface area contributed by atoms with Crippen molar-refractivity contribution in [1.82, 2.24) is 0 Å². The van der Waals surface area contributed by atoms with Gasteiger partial charge >= 0.3 is 0 Å². The molecule has 0 saturated carbocycles. The van der Waals surface area contributed by atoms with Crippen LogP contribution < -0.4 is 9.47 Å². The second kappa shape index (κ2) is 5.45. The average molecular weight is 244 g/mol. The summed E-state index contributed by atoms with van der Waals surface area (Å²) in [6, 6.07) is 13.1. The van der Waals surface area contributed by atoms with E-state index in [-0.39, 0.29) is 5.75 Å². The lowest BCUT2D eigenvalue weighted by molar-refractivity contribution is 0.406. The van der Waals surface area contributed by atoms with Gasteiger partial charge in [0.2, 0.25) is 0 Å². The van der Waals surface area contributed by atoms with Gasteiger partial charge in [-0.05, 0) is 29.3 Å². The number of aromatic hydroxyl groups is 1. The quantitative estimate of drug-likeness (QED) is 0.898. The highest BCUT2D eigenvalue weighted by Gasteiger charge is 2.05. The first-order valence-electron chi connectivity index (χ1n) is 5.71. The molecule has 3 heteroatoms. The molecule has 0 spiro atoms. The number of phenolic OH excluding ortho intramolecular Hbond substituents is 1. The molecule has 0 saturated heterocycles. The lowest BCUT2D eigenvalue weighted by Crippen LogP contribution is -1.91. The first kappa shape index (κ1) is 12.3. The molecule has 0 fully saturated rings. The zero-order valence-electron chi connectivity index (χ0n) is 10.5. The molecular formula is C15H16O3. The molecule has 0 aliphatic rings. The molecule has 0 amide bonds. The zero-order chi connectivity index (χ0) is 13.0. The largest absolute Gasteiger partial charge is 0.508 e. The zero-order valence-corrected chi connectivity index (χ0v) is 10.5. The Hall–Kier alpha value is -2.16. The monoisotopic (exact) mass is 244 g/mol. The smallest absolute Gasteiger partial charge is 0.122 e. The third-order valence-corrected chi connectivity index (χ3v) is 2.82. The van der Waals surface area contributed by atoms with Gasteiger partial charge in [0.15, 0.2) is 0 Å². The van der Waals surface area contributed by atoms with Gasteiger partial charge in [-0.25, -0.2) is 0 Å². The minimum atomic E-state index is 0.247. The van der Waals surface area contributed by atoms with Gasteiger partial charge < -0.3 is 14.6 Å². The van der Waals surface area contributed by atoms with Crippen LogP contribution in [0.1, 0.15) is 11.1 Å². The number of phenols is 1. The summed E-state index contributed by atoms with van der Waals surface area (Å²) in [5.41, 5.74) is 1.96. The SMILES string of the molecule is COc1cccc(Cc2ccc(OC)cc2O)c1. The van der Waals surface area contributed by atoms with Crippen LogP contribution in [-0.4, -0.2) is 19.3 Å². The van der Waals surface area contributed by atoms with E-state index in [1.54, 1.807) is 20.3 Å². The van der Waals surface area contributed by atoms with Crippen LogP contribution in [0.5, 0.6) is 17.2 Å². The van der Waals surface area contributed by atoms with E-state index in [4.69, 9.17) is 9.47 Å². The molecule has 0 bridgehead atoms. The van der Waals surface area contributed by atoms with E-state index in [2.05, 4.69) is 0 Å². The Balaban J connectivity index is 2.22. The number of hydrogen-bond donors (Lipinski definition) is 1. The Morgan fingerprint density at radius 2 is 1.67 bits per heavy atom. The minimum Gasteiger partial charge on any atom is -0.508 e. The summed E-state index contributed by atoms with van der Waals surface area (Å²) in [6.45, 7) is 0. The van der Waals surface area contributed by atoms with Gasteiger partial charge in [0.25, 0.3) is 0 Å². The summed E-state index contributed by atoms with van der Waals surface area (Å²) in [6.07, 6.45) is 0.660. The van der Waals surface area contributed by atoms with E-state index in [0.29, 0.717) is 12.2 Å². The topological polar surface area (TPSA) is 38.7 Å². The van der Waals surface area contributed by atoms with Crippen molar-refractivity contribution in [2.75, 3.05) is 14.2 Å². The lowest BCUT2D eigenvalue weighted by atomic mass is 10.0. The molecule has 18 heavy (non-hydrogen) atoms. The first-order chi connectivity index (χ1) is 8.72. The third kappa shape index (κ3) is 2.74. The molecule has 2 aromatic carbocycles.